The second-order valence-corrected chi connectivity index (χ2v) is 7.36. The molecule has 2 aromatic rings. The van der Waals surface area contributed by atoms with Crippen LogP contribution in [0.3, 0.4) is 0 Å². The Hall–Kier alpha value is -3.00. The van der Waals surface area contributed by atoms with Crippen LogP contribution in [0.1, 0.15) is 23.0 Å². The van der Waals surface area contributed by atoms with Gasteiger partial charge in [0.05, 0.1) is 26.5 Å². The number of benzene rings is 1. The zero-order valence-electron chi connectivity index (χ0n) is 18.0. The number of furan rings is 1. The monoisotopic (exact) mass is 415 g/mol. The molecule has 0 bridgehead atoms. The summed E-state index contributed by atoms with van der Waals surface area (Å²) in [6.45, 7) is 4.47. The van der Waals surface area contributed by atoms with Crippen molar-refractivity contribution in [1.29, 1.82) is 0 Å². The molecule has 3 rings (SSSR count). The van der Waals surface area contributed by atoms with Crippen molar-refractivity contribution in [2.24, 2.45) is 0 Å². The topological polar surface area (TPSA) is 75.5 Å². The molecule has 0 radical (unpaired) electrons. The predicted octanol–water partition coefficient (Wildman–Crippen LogP) is 2.10. The first-order chi connectivity index (χ1) is 14.4. The Morgan fingerprint density at radius 2 is 1.80 bits per heavy atom. The molecule has 2 heterocycles. The number of piperazine rings is 1. The van der Waals surface area contributed by atoms with Crippen LogP contribution < -0.4 is 9.47 Å². The van der Waals surface area contributed by atoms with Crippen LogP contribution in [0.4, 0.5) is 0 Å². The Balaban J connectivity index is 1.56. The van der Waals surface area contributed by atoms with Crippen molar-refractivity contribution in [2.75, 3.05) is 47.4 Å². The summed E-state index contributed by atoms with van der Waals surface area (Å²) in [4.78, 5) is 30.9. The Kier molecular flexibility index (Phi) is 6.99. The van der Waals surface area contributed by atoms with Crippen LogP contribution in [0, 0.1) is 0 Å². The van der Waals surface area contributed by atoms with E-state index in [0.717, 1.165) is 17.1 Å². The minimum absolute atomic E-state index is 0.0510. The molecule has 1 atom stereocenters. The molecule has 0 aliphatic carbocycles. The fourth-order valence-corrected chi connectivity index (χ4v) is 3.53. The molecule has 2 amide bonds. The van der Waals surface area contributed by atoms with Crippen LogP contribution in [0.15, 0.2) is 41.0 Å². The molecule has 30 heavy (non-hydrogen) atoms. The first kappa shape index (κ1) is 21.7. The third kappa shape index (κ3) is 4.76. The van der Waals surface area contributed by atoms with Gasteiger partial charge in [0.25, 0.3) is 5.91 Å². The zero-order chi connectivity index (χ0) is 21.7. The van der Waals surface area contributed by atoms with E-state index in [0.29, 0.717) is 38.5 Å². The standard InChI is InChI=1S/C22H29N3O5/c1-16(23(2)15-17-7-8-18(28-3)14-20(17)29-4)21(26)24-9-11-25(12-10-24)22(27)19-6-5-13-30-19/h5-8,13-14,16H,9-12,15H2,1-4H3. The van der Waals surface area contributed by atoms with Crippen LogP contribution >= 0.6 is 0 Å². The molecule has 1 unspecified atom stereocenters. The van der Waals surface area contributed by atoms with Gasteiger partial charge in [0.2, 0.25) is 5.91 Å². The Bertz CT molecular complexity index is 860. The summed E-state index contributed by atoms with van der Waals surface area (Å²) < 4.78 is 15.9. The third-order valence-electron chi connectivity index (χ3n) is 5.54. The van der Waals surface area contributed by atoms with Crippen molar-refractivity contribution < 1.29 is 23.5 Å². The van der Waals surface area contributed by atoms with Gasteiger partial charge in [-0.05, 0) is 32.2 Å². The fraction of sp³-hybridized carbons (Fsp3) is 0.455. The molecule has 8 heteroatoms. The zero-order valence-corrected chi connectivity index (χ0v) is 18.0. The molecule has 1 fully saturated rings. The van der Waals surface area contributed by atoms with Crippen LogP contribution in [0.2, 0.25) is 0 Å². The van der Waals surface area contributed by atoms with E-state index in [1.165, 1.54) is 6.26 Å². The van der Waals surface area contributed by atoms with Crippen molar-refractivity contribution >= 4 is 11.8 Å². The van der Waals surface area contributed by atoms with E-state index in [4.69, 9.17) is 13.9 Å². The lowest BCUT2D eigenvalue weighted by atomic mass is 10.1. The second-order valence-electron chi connectivity index (χ2n) is 7.36. The first-order valence-electron chi connectivity index (χ1n) is 9.97. The number of ether oxygens (including phenoxy) is 2. The van der Waals surface area contributed by atoms with Crippen LogP contribution in [0.25, 0.3) is 0 Å². The van der Waals surface area contributed by atoms with E-state index in [-0.39, 0.29) is 17.9 Å². The molecule has 0 spiro atoms. The van der Waals surface area contributed by atoms with Crippen molar-refractivity contribution in [1.82, 2.24) is 14.7 Å². The summed E-state index contributed by atoms with van der Waals surface area (Å²) >= 11 is 0. The Morgan fingerprint density at radius 1 is 1.10 bits per heavy atom. The van der Waals surface area contributed by atoms with E-state index in [2.05, 4.69) is 0 Å². The maximum atomic E-state index is 13.0. The number of nitrogens with zero attached hydrogens (tertiary/aromatic N) is 3. The largest absolute Gasteiger partial charge is 0.497 e. The molecular formula is C22H29N3O5. The molecule has 8 nitrogen and oxygen atoms in total. The summed E-state index contributed by atoms with van der Waals surface area (Å²) in [7, 11) is 5.16. The number of carbonyl (C=O) groups is 2. The first-order valence-corrected chi connectivity index (χ1v) is 9.97. The van der Waals surface area contributed by atoms with E-state index >= 15 is 0 Å². The lowest BCUT2D eigenvalue weighted by Crippen LogP contribution is -2.54. The summed E-state index contributed by atoms with van der Waals surface area (Å²) in [5, 5.41) is 0. The molecule has 1 aliphatic heterocycles. The third-order valence-corrected chi connectivity index (χ3v) is 5.54. The molecule has 1 saturated heterocycles. The van der Waals surface area contributed by atoms with E-state index in [1.807, 2.05) is 42.0 Å². The van der Waals surface area contributed by atoms with Gasteiger partial charge in [-0.1, -0.05) is 6.07 Å². The Labute approximate surface area is 176 Å². The van der Waals surface area contributed by atoms with E-state index in [9.17, 15) is 9.59 Å². The average Bonchev–Trinajstić information content (AvgIpc) is 3.32. The van der Waals surface area contributed by atoms with Crippen molar-refractivity contribution in [3.05, 3.63) is 47.9 Å². The number of hydrogen-bond acceptors (Lipinski definition) is 6. The number of amides is 2. The van der Waals surface area contributed by atoms with Gasteiger partial charge < -0.3 is 23.7 Å². The summed E-state index contributed by atoms with van der Waals surface area (Å²) in [6.07, 6.45) is 1.49. The van der Waals surface area contributed by atoms with Crippen molar-refractivity contribution in [3.8, 4) is 11.5 Å². The van der Waals surface area contributed by atoms with Gasteiger partial charge in [-0.25, -0.2) is 0 Å². The molecule has 1 aromatic heterocycles. The average molecular weight is 415 g/mol. The van der Waals surface area contributed by atoms with Gasteiger partial charge in [-0.3, -0.25) is 14.5 Å². The SMILES string of the molecule is COc1ccc(CN(C)C(C)C(=O)N2CCN(C(=O)c3ccco3)CC2)c(OC)c1. The smallest absolute Gasteiger partial charge is 0.289 e. The van der Waals surface area contributed by atoms with Gasteiger partial charge >= 0.3 is 0 Å². The minimum atomic E-state index is -0.302. The number of methoxy groups -OCH3 is 2. The maximum Gasteiger partial charge on any atom is 0.289 e. The van der Waals surface area contributed by atoms with Gasteiger partial charge in [-0.2, -0.15) is 0 Å². The van der Waals surface area contributed by atoms with E-state index in [1.54, 1.807) is 31.3 Å². The quantitative estimate of drug-likeness (QED) is 0.690. The highest BCUT2D eigenvalue weighted by Gasteiger charge is 2.29. The molecular weight excluding hydrogens is 386 g/mol. The number of hydrogen-bond donors (Lipinski definition) is 0. The van der Waals surface area contributed by atoms with Gasteiger partial charge in [0, 0.05) is 44.4 Å². The van der Waals surface area contributed by atoms with Crippen molar-refractivity contribution in [3.63, 3.8) is 0 Å². The normalized spacial score (nSPS) is 15.2. The lowest BCUT2D eigenvalue weighted by molar-refractivity contribution is -0.137. The van der Waals surface area contributed by atoms with Crippen molar-refractivity contribution in [2.45, 2.75) is 19.5 Å². The number of carbonyl (C=O) groups excluding carboxylic acids is 2. The highest BCUT2D eigenvalue weighted by Crippen LogP contribution is 2.26. The van der Waals surface area contributed by atoms with Gasteiger partial charge in [0.1, 0.15) is 11.5 Å². The maximum absolute atomic E-state index is 13.0. The van der Waals surface area contributed by atoms with E-state index < -0.39 is 0 Å². The highest BCUT2D eigenvalue weighted by atomic mass is 16.5. The summed E-state index contributed by atoms with van der Waals surface area (Å²) in [5.41, 5.74) is 0.981. The second kappa shape index (κ2) is 9.67. The van der Waals surface area contributed by atoms with Gasteiger partial charge in [0.15, 0.2) is 5.76 Å². The molecule has 1 aliphatic rings. The minimum Gasteiger partial charge on any atom is -0.497 e. The van der Waals surface area contributed by atoms with Crippen LogP contribution in [0.5, 0.6) is 11.5 Å². The fourth-order valence-electron chi connectivity index (χ4n) is 3.53. The lowest BCUT2D eigenvalue weighted by Gasteiger charge is -2.37. The summed E-state index contributed by atoms with van der Waals surface area (Å²) in [6, 6.07) is 8.72. The molecule has 162 valence electrons. The number of likely N-dealkylation sites (N-methyl/N-ethyl adjacent to an activating group) is 1. The molecule has 0 N–H and O–H groups in total. The highest BCUT2D eigenvalue weighted by molar-refractivity contribution is 5.91. The molecule has 1 aromatic carbocycles. The van der Waals surface area contributed by atoms with Crippen LogP contribution in [-0.2, 0) is 11.3 Å². The number of rotatable bonds is 7. The Morgan fingerprint density at radius 3 is 2.40 bits per heavy atom. The van der Waals surface area contributed by atoms with Crippen LogP contribution in [-0.4, -0.2) is 80.0 Å². The molecule has 0 saturated carbocycles. The summed E-state index contributed by atoms with van der Waals surface area (Å²) in [5.74, 6) is 1.70. The van der Waals surface area contributed by atoms with Gasteiger partial charge in [-0.15, -0.1) is 0 Å². The predicted molar refractivity (Wildman–Crippen MR) is 112 cm³/mol.